The van der Waals surface area contributed by atoms with Gasteiger partial charge in [-0.3, -0.25) is 4.79 Å². The van der Waals surface area contributed by atoms with Gasteiger partial charge < -0.3 is 9.84 Å². The minimum Gasteiger partial charge on any atom is -0.469 e. The summed E-state index contributed by atoms with van der Waals surface area (Å²) in [6, 6.07) is 0. The van der Waals surface area contributed by atoms with Crippen LogP contribution in [0.25, 0.3) is 0 Å². The van der Waals surface area contributed by atoms with Gasteiger partial charge in [0.15, 0.2) is 0 Å². The molecule has 1 N–H and O–H groups in total. The third kappa shape index (κ3) is 7.54. The van der Waals surface area contributed by atoms with Crippen molar-refractivity contribution >= 4 is 5.97 Å². The third-order valence-electron chi connectivity index (χ3n) is 1.86. The van der Waals surface area contributed by atoms with Gasteiger partial charge in [-0.05, 0) is 12.8 Å². The molecule has 12 heavy (non-hydrogen) atoms. The van der Waals surface area contributed by atoms with E-state index < -0.39 is 0 Å². The molecule has 1 saturated carbocycles. The molecule has 0 saturated heterocycles. The summed E-state index contributed by atoms with van der Waals surface area (Å²) in [5.74, 6) is -0.245. The predicted molar refractivity (Wildman–Crippen MR) is 46.8 cm³/mol. The number of aliphatic hydroxyl groups is 1. The second-order valence-electron chi connectivity index (χ2n) is 2.99. The number of ether oxygens (including phenoxy) is 1. The van der Waals surface area contributed by atoms with Crippen molar-refractivity contribution in [2.45, 2.75) is 45.1 Å². The first kappa shape index (κ1) is 11.4. The maximum atomic E-state index is 9.59. The highest BCUT2D eigenvalue weighted by Gasteiger charge is 2.07. The summed E-state index contributed by atoms with van der Waals surface area (Å²) < 4.78 is 4.11. The SMILES string of the molecule is COC(C)=O.OC1CCCCC1. The van der Waals surface area contributed by atoms with Gasteiger partial charge in [-0.1, -0.05) is 19.3 Å². The van der Waals surface area contributed by atoms with Gasteiger partial charge in [-0.25, -0.2) is 0 Å². The summed E-state index contributed by atoms with van der Waals surface area (Å²) in [6.07, 6.45) is 5.92. The van der Waals surface area contributed by atoms with Crippen LogP contribution in [0.5, 0.6) is 0 Å². The van der Waals surface area contributed by atoms with Crippen LogP contribution in [0.1, 0.15) is 39.0 Å². The molecule has 1 aliphatic rings. The van der Waals surface area contributed by atoms with Crippen LogP contribution in [-0.4, -0.2) is 24.3 Å². The Morgan fingerprint density at radius 3 is 1.92 bits per heavy atom. The number of carbonyl (C=O) groups excluding carboxylic acids is 1. The molecule has 3 heteroatoms. The molecule has 1 rings (SSSR count). The summed E-state index contributed by atoms with van der Waals surface area (Å²) in [5, 5.41) is 8.91. The summed E-state index contributed by atoms with van der Waals surface area (Å²) in [5.41, 5.74) is 0. The minimum atomic E-state index is -0.245. The van der Waals surface area contributed by atoms with Crippen molar-refractivity contribution in [3.8, 4) is 0 Å². The number of rotatable bonds is 0. The number of esters is 1. The van der Waals surface area contributed by atoms with Gasteiger partial charge >= 0.3 is 5.97 Å². The molecule has 0 aromatic heterocycles. The fourth-order valence-corrected chi connectivity index (χ4v) is 1.08. The number of methoxy groups -OCH3 is 1. The van der Waals surface area contributed by atoms with Crippen LogP contribution in [0.4, 0.5) is 0 Å². The molecule has 0 radical (unpaired) electrons. The molecule has 0 aliphatic heterocycles. The third-order valence-corrected chi connectivity index (χ3v) is 1.86. The van der Waals surface area contributed by atoms with E-state index in [1.807, 2.05) is 0 Å². The second-order valence-corrected chi connectivity index (χ2v) is 2.99. The van der Waals surface area contributed by atoms with Crippen molar-refractivity contribution in [3.63, 3.8) is 0 Å². The molecule has 0 heterocycles. The van der Waals surface area contributed by atoms with E-state index in [9.17, 15) is 4.79 Å². The van der Waals surface area contributed by atoms with E-state index in [1.165, 1.54) is 33.3 Å². The fraction of sp³-hybridized carbons (Fsp3) is 0.889. The fourth-order valence-electron chi connectivity index (χ4n) is 1.08. The minimum absolute atomic E-state index is 0.0359. The van der Waals surface area contributed by atoms with E-state index >= 15 is 0 Å². The lowest BCUT2D eigenvalue weighted by atomic mass is 9.98. The molecule has 72 valence electrons. The average Bonchev–Trinajstić information content (AvgIpc) is 2.07. The van der Waals surface area contributed by atoms with Crippen LogP contribution in [0.3, 0.4) is 0 Å². The van der Waals surface area contributed by atoms with Crippen molar-refractivity contribution < 1.29 is 14.6 Å². The molecular formula is C9H18O3. The second kappa shape index (κ2) is 7.10. The topological polar surface area (TPSA) is 46.5 Å². The van der Waals surface area contributed by atoms with Crippen molar-refractivity contribution in [3.05, 3.63) is 0 Å². The van der Waals surface area contributed by atoms with E-state index in [2.05, 4.69) is 4.74 Å². The Bertz CT molecular complexity index is 117. The van der Waals surface area contributed by atoms with Gasteiger partial charge in [0.2, 0.25) is 0 Å². The maximum Gasteiger partial charge on any atom is 0.302 e. The molecule has 0 amide bonds. The monoisotopic (exact) mass is 174 g/mol. The highest BCUT2D eigenvalue weighted by molar-refractivity contribution is 5.65. The van der Waals surface area contributed by atoms with Gasteiger partial charge in [-0.2, -0.15) is 0 Å². The van der Waals surface area contributed by atoms with Crippen molar-refractivity contribution in [1.82, 2.24) is 0 Å². The van der Waals surface area contributed by atoms with Crippen molar-refractivity contribution in [1.29, 1.82) is 0 Å². The number of aliphatic hydroxyl groups excluding tert-OH is 1. The molecular weight excluding hydrogens is 156 g/mol. The Kier molecular flexibility index (Phi) is 6.76. The van der Waals surface area contributed by atoms with Crippen LogP contribution in [0, 0.1) is 0 Å². The zero-order valence-electron chi connectivity index (χ0n) is 7.88. The van der Waals surface area contributed by atoms with Gasteiger partial charge in [0, 0.05) is 6.92 Å². The molecule has 0 unspecified atom stereocenters. The highest BCUT2D eigenvalue weighted by atomic mass is 16.5. The molecule has 0 spiro atoms. The maximum absolute atomic E-state index is 9.59. The van der Waals surface area contributed by atoms with Crippen LogP contribution in [0.15, 0.2) is 0 Å². The lowest BCUT2D eigenvalue weighted by Gasteiger charge is -2.14. The Hall–Kier alpha value is -0.570. The molecule has 0 aromatic carbocycles. The number of hydrogen-bond acceptors (Lipinski definition) is 3. The normalized spacial score (nSPS) is 17.6. The van der Waals surface area contributed by atoms with E-state index in [4.69, 9.17) is 5.11 Å². The Morgan fingerprint density at radius 1 is 1.33 bits per heavy atom. The predicted octanol–water partition coefficient (Wildman–Crippen LogP) is 1.49. The molecule has 3 nitrogen and oxygen atoms in total. The van der Waals surface area contributed by atoms with Gasteiger partial charge in [0.25, 0.3) is 0 Å². The summed E-state index contributed by atoms with van der Waals surface area (Å²) in [6.45, 7) is 1.36. The van der Waals surface area contributed by atoms with Gasteiger partial charge in [-0.15, -0.1) is 0 Å². The number of hydrogen-bond donors (Lipinski definition) is 1. The van der Waals surface area contributed by atoms with E-state index in [0.717, 1.165) is 12.8 Å². The summed E-state index contributed by atoms with van der Waals surface area (Å²) >= 11 is 0. The van der Waals surface area contributed by atoms with Crippen LogP contribution in [-0.2, 0) is 9.53 Å². The summed E-state index contributed by atoms with van der Waals surface area (Å²) in [7, 11) is 1.35. The van der Waals surface area contributed by atoms with E-state index in [-0.39, 0.29) is 12.1 Å². The van der Waals surface area contributed by atoms with Crippen molar-refractivity contribution in [2.24, 2.45) is 0 Å². The van der Waals surface area contributed by atoms with Crippen LogP contribution < -0.4 is 0 Å². The van der Waals surface area contributed by atoms with Gasteiger partial charge in [0.05, 0.1) is 13.2 Å². The largest absolute Gasteiger partial charge is 0.469 e. The Labute approximate surface area is 73.7 Å². The first-order valence-electron chi connectivity index (χ1n) is 4.39. The molecule has 0 atom stereocenters. The zero-order valence-corrected chi connectivity index (χ0v) is 7.88. The number of carbonyl (C=O) groups is 1. The smallest absolute Gasteiger partial charge is 0.302 e. The van der Waals surface area contributed by atoms with Crippen LogP contribution >= 0.6 is 0 Å². The van der Waals surface area contributed by atoms with Gasteiger partial charge in [0.1, 0.15) is 0 Å². The first-order valence-corrected chi connectivity index (χ1v) is 4.39. The van der Waals surface area contributed by atoms with E-state index in [1.54, 1.807) is 0 Å². The zero-order chi connectivity index (χ0) is 9.40. The first-order chi connectivity index (χ1) is 5.66. The molecule has 0 bridgehead atoms. The lowest BCUT2D eigenvalue weighted by molar-refractivity contribution is -0.137. The Morgan fingerprint density at radius 2 is 1.75 bits per heavy atom. The molecule has 1 aliphatic carbocycles. The quantitative estimate of drug-likeness (QED) is 0.566. The van der Waals surface area contributed by atoms with E-state index in [0.29, 0.717) is 0 Å². The highest BCUT2D eigenvalue weighted by Crippen LogP contribution is 2.16. The average molecular weight is 174 g/mol. The van der Waals surface area contributed by atoms with Crippen molar-refractivity contribution in [2.75, 3.05) is 7.11 Å². The molecule has 1 fully saturated rings. The standard InChI is InChI=1S/C6H12O.C3H6O2/c7-6-4-2-1-3-5-6;1-3(4)5-2/h6-7H,1-5H2;1-2H3. The lowest BCUT2D eigenvalue weighted by Crippen LogP contribution is -2.09. The Balaban J connectivity index is 0.000000217. The van der Waals surface area contributed by atoms with Crippen LogP contribution in [0.2, 0.25) is 0 Å². The summed E-state index contributed by atoms with van der Waals surface area (Å²) in [4.78, 5) is 9.59. The molecule has 0 aromatic rings.